The molecular weight excluding hydrogens is 599 g/mol. The largest absolute Gasteiger partial charge is 0.496 e. The first kappa shape index (κ1) is 33.7. The van der Waals surface area contributed by atoms with Gasteiger partial charge in [-0.2, -0.15) is 0 Å². The van der Waals surface area contributed by atoms with Crippen LogP contribution in [0, 0.1) is 0 Å². The second kappa shape index (κ2) is 16.8. The molecule has 0 saturated heterocycles. The van der Waals surface area contributed by atoms with E-state index in [0.717, 1.165) is 63.2 Å². The number of carbonyl (C=O) groups excluding carboxylic acids is 2. The molecule has 3 aromatic carbocycles. The number of hydrogen-bond acceptors (Lipinski definition) is 6. The molecule has 1 aliphatic heterocycles. The van der Waals surface area contributed by atoms with Gasteiger partial charge in [-0.05, 0) is 87.9 Å². The third kappa shape index (κ3) is 8.73. The van der Waals surface area contributed by atoms with E-state index in [-0.39, 0.29) is 17.9 Å². The van der Waals surface area contributed by atoms with Crippen molar-refractivity contribution in [3.63, 3.8) is 0 Å². The van der Waals surface area contributed by atoms with Gasteiger partial charge in [0.1, 0.15) is 5.75 Å². The van der Waals surface area contributed by atoms with E-state index in [1.54, 1.807) is 53.4 Å². The van der Waals surface area contributed by atoms with Crippen molar-refractivity contribution in [1.82, 2.24) is 10.2 Å². The van der Waals surface area contributed by atoms with Crippen molar-refractivity contribution < 1.29 is 19.1 Å². The molecule has 1 aliphatic rings. The minimum absolute atomic E-state index is 0.178. The highest BCUT2D eigenvalue weighted by molar-refractivity contribution is 6.34. The third-order valence-corrected chi connectivity index (χ3v) is 8.41. The smallest absolute Gasteiger partial charge is 0.262 e. The Bertz CT molecular complexity index is 1420. The van der Waals surface area contributed by atoms with Gasteiger partial charge in [-0.25, -0.2) is 0 Å². The van der Waals surface area contributed by atoms with Gasteiger partial charge in [0.05, 0.1) is 36.0 Å². The molecule has 1 heterocycles. The summed E-state index contributed by atoms with van der Waals surface area (Å²) >= 11 is 12.6. The lowest BCUT2D eigenvalue weighted by Crippen LogP contribution is -2.32. The maximum absolute atomic E-state index is 14.0. The molecule has 0 fully saturated rings. The monoisotopic (exact) mass is 640 g/mol. The molecule has 0 aromatic heterocycles. The van der Waals surface area contributed by atoms with Crippen molar-refractivity contribution in [3.8, 4) is 5.75 Å². The standard InChI is InChI=1S/C34H42Cl2N4O4/c1-4-39(5-2)19-9-17-37-18-21-44-31-12-8-20-40(30-16-13-24(35)22-28(30)31)34(42)27-15-14-25(23-32(27)43-3)38-33(41)26-10-6-7-11-29(26)36/h6-7,10-11,13-16,22-23,31,37H,4-5,8-9,12,17-21H2,1-3H3,(H,38,41). The quantitative estimate of drug-likeness (QED) is 0.183. The zero-order valence-corrected chi connectivity index (χ0v) is 27.2. The van der Waals surface area contributed by atoms with E-state index in [4.69, 9.17) is 32.7 Å². The molecule has 10 heteroatoms. The van der Waals surface area contributed by atoms with Crippen LogP contribution in [0.5, 0.6) is 5.75 Å². The number of nitrogens with zero attached hydrogens (tertiary/aromatic N) is 2. The number of nitrogens with one attached hydrogen (secondary N) is 2. The number of rotatable bonds is 14. The van der Waals surface area contributed by atoms with Gasteiger partial charge in [0.25, 0.3) is 11.8 Å². The Labute approximate surface area is 270 Å². The second-order valence-corrected chi connectivity index (χ2v) is 11.5. The van der Waals surface area contributed by atoms with Crippen LogP contribution in [0.1, 0.15) is 65.5 Å². The van der Waals surface area contributed by atoms with Crippen LogP contribution in [-0.2, 0) is 4.74 Å². The fourth-order valence-corrected chi connectivity index (χ4v) is 5.83. The number of carbonyl (C=O) groups is 2. The van der Waals surface area contributed by atoms with E-state index in [9.17, 15) is 9.59 Å². The number of anilines is 2. The number of ether oxygens (including phenoxy) is 2. The van der Waals surface area contributed by atoms with Crippen molar-refractivity contribution in [2.24, 2.45) is 0 Å². The summed E-state index contributed by atoms with van der Waals surface area (Å²) < 4.78 is 12.0. The molecule has 2 N–H and O–H groups in total. The third-order valence-electron chi connectivity index (χ3n) is 7.85. The van der Waals surface area contributed by atoms with Gasteiger partial charge in [-0.15, -0.1) is 0 Å². The van der Waals surface area contributed by atoms with Crippen molar-refractivity contribution >= 4 is 46.4 Å². The van der Waals surface area contributed by atoms with Crippen LogP contribution in [0.25, 0.3) is 0 Å². The molecule has 0 spiro atoms. The van der Waals surface area contributed by atoms with Gasteiger partial charge in [0, 0.05) is 41.1 Å². The zero-order valence-electron chi connectivity index (χ0n) is 25.7. The fourth-order valence-electron chi connectivity index (χ4n) is 5.42. The summed E-state index contributed by atoms with van der Waals surface area (Å²) in [5.74, 6) is -0.201. The second-order valence-electron chi connectivity index (χ2n) is 10.6. The Morgan fingerprint density at radius 3 is 2.55 bits per heavy atom. The van der Waals surface area contributed by atoms with Gasteiger partial charge in [0.2, 0.25) is 0 Å². The minimum Gasteiger partial charge on any atom is -0.496 e. The maximum Gasteiger partial charge on any atom is 0.262 e. The van der Waals surface area contributed by atoms with Crippen LogP contribution in [0.3, 0.4) is 0 Å². The molecule has 2 amide bonds. The van der Waals surface area contributed by atoms with Crippen LogP contribution in [0.4, 0.5) is 11.4 Å². The van der Waals surface area contributed by atoms with Crippen LogP contribution < -0.4 is 20.3 Å². The normalized spacial score (nSPS) is 14.7. The van der Waals surface area contributed by atoms with Crippen molar-refractivity contribution in [1.29, 1.82) is 0 Å². The molecular formula is C34H42Cl2N4O4. The van der Waals surface area contributed by atoms with Gasteiger partial charge in [0.15, 0.2) is 0 Å². The minimum atomic E-state index is -0.351. The molecule has 1 atom stereocenters. The van der Waals surface area contributed by atoms with Crippen molar-refractivity contribution in [3.05, 3.63) is 87.4 Å². The molecule has 0 radical (unpaired) electrons. The average Bonchev–Trinajstić information content (AvgIpc) is 3.21. The Kier molecular flexibility index (Phi) is 12.9. The lowest BCUT2D eigenvalue weighted by molar-refractivity contribution is 0.0493. The molecule has 236 valence electrons. The Balaban J connectivity index is 1.44. The van der Waals surface area contributed by atoms with Crippen LogP contribution >= 0.6 is 23.2 Å². The first-order valence-corrected chi connectivity index (χ1v) is 16.0. The lowest BCUT2D eigenvalue weighted by Gasteiger charge is -2.25. The lowest BCUT2D eigenvalue weighted by atomic mass is 10.0. The maximum atomic E-state index is 14.0. The topological polar surface area (TPSA) is 83.1 Å². The Morgan fingerprint density at radius 1 is 1.00 bits per heavy atom. The number of benzene rings is 3. The highest BCUT2D eigenvalue weighted by atomic mass is 35.5. The fraction of sp³-hybridized carbons (Fsp3) is 0.412. The van der Waals surface area contributed by atoms with Crippen molar-refractivity contribution in [2.45, 2.75) is 39.2 Å². The summed E-state index contributed by atoms with van der Waals surface area (Å²) in [6.07, 6.45) is 2.44. The molecule has 0 aliphatic carbocycles. The predicted octanol–water partition coefficient (Wildman–Crippen LogP) is 7.07. The van der Waals surface area contributed by atoms with E-state index in [2.05, 4.69) is 29.4 Å². The number of methoxy groups -OCH3 is 1. The summed E-state index contributed by atoms with van der Waals surface area (Å²) in [5.41, 5.74) is 2.90. The van der Waals surface area contributed by atoms with Gasteiger partial charge in [-0.3, -0.25) is 9.59 Å². The van der Waals surface area contributed by atoms with Crippen molar-refractivity contribution in [2.75, 3.05) is 63.2 Å². The molecule has 44 heavy (non-hydrogen) atoms. The van der Waals surface area contributed by atoms with Gasteiger partial charge >= 0.3 is 0 Å². The van der Waals surface area contributed by atoms with Crippen LogP contribution in [0.15, 0.2) is 60.7 Å². The predicted molar refractivity (Wildman–Crippen MR) is 179 cm³/mol. The molecule has 0 saturated carbocycles. The Hall–Kier alpha value is -3.14. The van der Waals surface area contributed by atoms with E-state index in [1.165, 1.54) is 7.11 Å². The molecule has 1 unspecified atom stereocenters. The summed E-state index contributed by atoms with van der Waals surface area (Å²) in [4.78, 5) is 31.0. The van der Waals surface area contributed by atoms with Gasteiger partial charge < -0.3 is 29.9 Å². The highest BCUT2D eigenvalue weighted by Crippen LogP contribution is 2.38. The molecule has 0 bridgehead atoms. The molecule has 4 rings (SSSR count). The Morgan fingerprint density at radius 2 is 1.80 bits per heavy atom. The number of hydrogen-bond donors (Lipinski definition) is 2. The van der Waals surface area contributed by atoms with E-state index in [0.29, 0.717) is 45.8 Å². The zero-order chi connectivity index (χ0) is 31.5. The van der Waals surface area contributed by atoms with Crippen LogP contribution in [0.2, 0.25) is 10.0 Å². The first-order chi connectivity index (χ1) is 21.4. The SMILES string of the molecule is CCN(CC)CCCNCCOC1CCCN(C(=O)c2ccc(NC(=O)c3ccccc3Cl)cc2OC)c2ccc(Cl)cc21. The first-order valence-electron chi connectivity index (χ1n) is 15.3. The van der Waals surface area contributed by atoms with Gasteiger partial charge in [-0.1, -0.05) is 49.2 Å². The summed E-state index contributed by atoms with van der Waals surface area (Å²) in [5, 5.41) is 7.27. The highest BCUT2D eigenvalue weighted by Gasteiger charge is 2.29. The average molecular weight is 642 g/mol. The molecule has 3 aromatic rings. The number of fused-ring (bicyclic) bond motifs is 1. The van der Waals surface area contributed by atoms with E-state index in [1.807, 2.05) is 12.1 Å². The summed E-state index contributed by atoms with van der Waals surface area (Å²) in [6, 6.07) is 17.4. The number of amides is 2. The van der Waals surface area contributed by atoms with E-state index >= 15 is 0 Å². The molecule has 8 nitrogen and oxygen atoms in total. The summed E-state index contributed by atoms with van der Waals surface area (Å²) in [6.45, 7) is 10.4. The number of halogens is 2. The van der Waals surface area contributed by atoms with Crippen LogP contribution in [-0.4, -0.2) is 69.7 Å². The van der Waals surface area contributed by atoms with E-state index < -0.39 is 0 Å². The summed E-state index contributed by atoms with van der Waals surface area (Å²) in [7, 11) is 1.50.